The van der Waals surface area contributed by atoms with Crippen LogP contribution in [0.4, 0.5) is 5.69 Å². The maximum atomic E-state index is 12.2. The predicted molar refractivity (Wildman–Crippen MR) is 106 cm³/mol. The molecule has 0 aliphatic carbocycles. The number of halogens is 2. The van der Waals surface area contributed by atoms with Gasteiger partial charge in [0.25, 0.3) is 0 Å². The number of sulfonamides is 1. The van der Waals surface area contributed by atoms with E-state index < -0.39 is 10.0 Å². The van der Waals surface area contributed by atoms with Gasteiger partial charge in [0.1, 0.15) is 11.5 Å². The second kappa shape index (κ2) is 8.18. The van der Waals surface area contributed by atoms with Crippen molar-refractivity contribution >= 4 is 49.5 Å². The molecule has 0 amide bonds. The monoisotopic (exact) mass is 452 g/mol. The van der Waals surface area contributed by atoms with E-state index in [1.807, 2.05) is 24.3 Å². The minimum absolute atomic E-state index is 0.0374. The Kier molecular flexibility index (Phi) is 5.93. The Labute approximate surface area is 164 Å². The molecule has 0 saturated heterocycles. The summed E-state index contributed by atoms with van der Waals surface area (Å²) in [4.78, 5) is 4.46. The number of hydrogen-bond acceptors (Lipinski definition) is 4. The molecule has 0 aliphatic rings. The molecule has 3 aromatic rings. The number of nitrogens with zero attached hydrogens (tertiary/aromatic N) is 1. The summed E-state index contributed by atoms with van der Waals surface area (Å²) >= 11 is 9.16. The Morgan fingerprint density at radius 3 is 2.62 bits per heavy atom. The van der Waals surface area contributed by atoms with Gasteiger partial charge in [0.15, 0.2) is 0 Å². The van der Waals surface area contributed by atoms with E-state index >= 15 is 0 Å². The van der Waals surface area contributed by atoms with E-state index in [0.29, 0.717) is 16.5 Å². The molecule has 1 aromatic heterocycles. The summed E-state index contributed by atoms with van der Waals surface area (Å²) in [5.74, 6) is 1.02. The minimum Gasteiger partial charge on any atom is -0.459 e. The van der Waals surface area contributed by atoms with Gasteiger partial charge >= 0.3 is 0 Å². The van der Waals surface area contributed by atoms with Gasteiger partial charge in [0.05, 0.1) is 23.3 Å². The molecule has 0 unspecified atom stereocenters. The topological polar surface area (TPSA) is 71.7 Å². The predicted octanol–water partition coefficient (Wildman–Crippen LogP) is 4.92. The van der Waals surface area contributed by atoms with Crippen LogP contribution in [0.25, 0.3) is 0 Å². The molecule has 1 heterocycles. The number of furan rings is 1. The molecule has 2 aromatic carbocycles. The van der Waals surface area contributed by atoms with Crippen LogP contribution in [-0.4, -0.2) is 14.6 Å². The van der Waals surface area contributed by atoms with Gasteiger partial charge in [-0.05, 0) is 54.6 Å². The van der Waals surface area contributed by atoms with Gasteiger partial charge in [0.2, 0.25) is 10.0 Å². The molecule has 5 nitrogen and oxygen atoms in total. The fourth-order valence-electron chi connectivity index (χ4n) is 2.12. The Morgan fingerprint density at radius 1 is 1.12 bits per heavy atom. The van der Waals surface area contributed by atoms with Gasteiger partial charge in [0, 0.05) is 9.50 Å². The average molecular weight is 454 g/mol. The zero-order valence-electron chi connectivity index (χ0n) is 13.4. The van der Waals surface area contributed by atoms with Crippen LogP contribution in [0.2, 0.25) is 5.02 Å². The third kappa shape index (κ3) is 5.04. The van der Waals surface area contributed by atoms with Crippen LogP contribution < -0.4 is 4.72 Å². The van der Waals surface area contributed by atoms with Crippen molar-refractivity contribution in [1.29, 1.82) is 0 Å². The fraction of sp³-hybridized carbons (Fsp3) is 0.0556. The summed E-state index contributed by atoms with van der Waals surface area (Å²) in [6, 6.07) is 16.9. The molecule has 0 saturated carbocycles. The van der Waals surface area contributed by atoms with Crippen molar-refractivity contribution in [3.63, 3.8) is 0 Å². The SMILES string of the molecule is O=S(=O)(NCc1ccc(C=Nc2cccc(Br)c2)o1)c1ccc(Cl)cc1. The summed E-state index contributed by atoms with van der Waals surface area (Å²) in [6.45, 7) is 0.0374. The van der Waals surface area contributed by atoms with Crippen LogP contribution in [-0.2, 0) is 16.6 Å². The second-order valence-electron chi connectivity index (χ2n) is 5.32. The van der Waals surface area contributed by atoms with Crippen LogP contribution in [0.3, 0.4) is 0 Å². The van der Waals surface area contributed by atoms with E-state index in [9.17, 15) is 8.42 Å². The summed E-state index contributed by atoms with van der Waals surface area (Å²) in [6.07, 6.45) is 1.58. The fourth-order valence-corrected chi connectivity index (χ4v) is 3.62. The Hall–Kier alpha value is -1.93. The highest BCUT2D eigenvalue weighted by Crippen LogP contribution is 2.19. The number of benzene rings is 2. The van der Waals surface area contributed by atoms with Crippen LogP contribution in [0.1, 0.15) is 11.5 Å². The molecule has 0 bridgehead atoms. The molecule has 0 aliphatic heterocycles. The zero-order valence-corrected chi connectivity index (χ0v) is 16.6. The van der Waals surface area contributed by atoms with Crippen molar-refractivity contribution < 1.29 is 12.8 Å². The van der Waals surface area contributed by atoms with E-state index in [4.69, 9.17) is 16.0 Å². The molecule has 134 valence electrons. The Bertz CT molecular complexity index is 1030. The van der Waals surface area contributed by atoms with Crippen LogP contribution in [0.15, 0.2) is 79.4 Å². The summed E-state index contributed by atoms with van der Waals surface area (Å²) in [5.41, 5.74) is 0.778. The van der Waals surface area contributed by atoms with Crippen LogP contribution in [0, 0.1) is 0 Å². The Morgan fingerprint density at radius 2 is 1.88 bits per heavy atom. The lowest BCUT2D eigenvalue weighted by molar-refractivity contribution is 0.494. The number of rotatable bonds is 6. The summed E-state index contributed by atoms with van der Waals surface area (Å²) < 4.78 is 33.5. The van der Waals surface area contributed by atoms with Crippen molar-refractivity contribution in [2.75, 3.05) is 0 Å². The van der Waals surface area contributed by atoms with Gasteiger partial charge < -0.3 is 4.42 Å². The third-order valence-corrected chi connectivity index (χ3v) is 5.55. The van der Waals surface area contributed by atoms with Gasteiger partial charge in [-0.3, -0.25) is 4.99 Å². The lowest BCUT2D eigenvalue weighted by Crippen LogP contribution is -2.22. The molecular formula is C18H14BrClN2O3S. The van der Waals surface area contributed by atoms with Crippen molar-refractivity contribution in [3.05, 3.63) is 81.7 Å². The number of nitrogens with one attached hydrogen (secondary N) is 1. The Balaban J connectivity index is 1.64. The highest BCUT2D eigenvalue weighted by Gasteiger charge is 2.14. The van der Waals surface area contributed by atoms with E-state index in [1.54, 1.807) is 18.3 Å². The zero-order chi connectivity index (χ0) is 18.6. The molecule has 0 fully saturated rings. The first-order chi connectivity index (χ1) is 12.4. The molecular weight excluding hydrogens is 440 g/mol. The number of hydrogen-bond donors (Lipinski definition) is 1. The average Bonchev–Trinajstić information content (AvgIpc) is 3.07. The van der Waals surface area contributed by atoms with Gasteiger partial charge in [-0.15, -0.1) is 0 Å². The van der Waals surface area contributed by atoms with Gasteiger partial charge in [-0.1, -0.05) is 33.6 Å². The summed E-state index contributed by atoms with van der Waals surface area (Å²) in [5, 5.41) is 0.476. The smallest absolute Gasteiger partial charge is 0.240 e. The van der Waals surface area contributed by atoms with Crippen LogP contribution in [0.5, 0.6) is 0 Å². The van der Waals surface area contributed by atoms with Crippen LogP contribution >= 0.6 is 27.5 Å². The second-order valence-corrected chi connectivity index (χ2v) is 8.44. The third-order valence-electron chi connectivity index (χ3n) is 3.39. The highest BCUT2D eigenvalue weighted by molar-refractivity contribution is 9.10. The van der Waals surface area contributed by atoms with E-state index in [-0.39, 0.29) is 11.4 Å². The molecule has 0 radical (unpaired) electrons. The first-order valence-electron chi connectivity index (χ1n) is 7.56. The molecule has 1 N–H and O–H groups in total. The van der Waals surface area contributed by atoms with Crippen molar-refractivity contribution in [1.82, 2.24) is 4.72 Å². The van der Waals surface area contributed by atoms with Crippen molar-refractivity contribution in [2.24, 2.45) is 4.99 Å². The normalized spacial score (nSPS) is 11.9. The molecule has 26 heavy (non-hydrogen) atoms. The molecule has 0 spiro atoms. The van der Waals surface area contributed by atoms with Gasteiger partial charge in [-0.2, -0.15) is 0 Å². The maximum absolute atomic E-state index is 12.2. The highest BCUT2D eigenvalue weighted by atomic mass is 79.9. The first-order valence-corrected chi connectivity index (χ1v) is 10.2. The number of aliphatic imine (C=N–C) groups is 1. The first kappa shape index (κ1) is 18.8. The van der Waals surface area contributed by atoms with E-state index in [2.05, 4.69) is 25.6 Å². The molecule has 0 atom stereocenters. The quantitative estimate of drug-likeness (QED) is 0.538. The standard InChI is InChI=1S/C18H14BrClN2O3S/c19-13-2-1-3-15(10-13)21-11-16-6-7-17(25-16)12-22-26(23,24)18-8-4-14(20)5-9-18/h1-11,22H,12H2. The van der Waals surface area contributed by atoms with E-state index in [1.165, 1.54) is 24.3 Å². The van der Waals surface area contributed by atoms with E-state index in [0.717, 1.165) is 10.2 Å². The van der Waals surface area contributed by atoms with Crippen molar-refractivity contribution in [2.45, 2.75) is 11.4 Å². The largest absolute Gasteiger partial charge is 0.459 e. The van der Waals surface area contributed by atoms with Crippen molar-refractivity contribution in [3.8, 4) is 0 Å². The lowest BCUT2D eigenvalue weighted by atomic mass is 10.3. The summed E-state index contributed by atoms with van der Waals surface area (Å²) in [7, 11) is -3.63. The molecule has 8 heteroatoms. The maximum Gasteiger partial charge on any atom is 0.240 e. The molecule has 3 rings (SSSR count). The lowest BCUT2D eigenvalue weighted by Gasteiger charge is -2.05. The minimum atomic E-state index is -3.63. The van der Waals surface area contributed by atoms with Gasteiger partial charge in [-0.25, -0.2) is 13.1 Å².